The van der Waals surface area contributed by atoms with Gasteiger partial charge in [0.25, 0.3) is 0 Å². The van der Waals surface area contributed by atoms with Crippen LogP contribution < -0.4 is 5.32 Å². The molecule has 1 saturated carbocycles. The van der Waals surface area contributed by atoms with Gasteiger partial charge in [0, 0.05) is 17.5 Å². The molecule has 1 aromatic carbocycles. The Morgan fingerprint density at radius 2 is 1.94 bits per heavy atom. The smallest absolute Gasteiger partial charge is 0.0373 e. The van der Waals surface area contributed by atoms with Gasteiger partial charge in [0.15, 0.2) is 0 Å². The summed E-state index contributed by atoms with van der Waals surface area (Å²) in [5.74, 6) is 2.41. The van der Waals surface area contributed by atoms with Crippen molar-refractivity contribution in [3.8, 4) is 0 Å². The molecule has 0 bridgehead atoms. The average molecular weight is 261 g/mol. The number of para-hydroxylation sites is 1. The van der Waals surface area contributed by atoms with Gasteiger partial charge in [-0.25, -0.2) is 0 Å². The summed E-state index contributed by atoms with van der Waals surface area (Å²) >= 11 is 2.22. The predicted molar refractivity (Wildman–Crippen MR) is 81.5 cm³/mol. The van der Waals surface area contributed by atoms with Crippen molar-refractivity contribution in [2.24, 2.45) is 5.92 Å². The highest BCUT2D eigenvalue weighted by Crippen LogP contribution is 2.32. The van der Waals surface area contributed by atoms with Crippen LogP contribution >= 0.6 is 11.8 Å². The molecule has 1 N–H and O–H groups in total. The lowest BCUT2D eigenvalue weighted by Crippen LogP contribution is -2.16. The minimum absolute atomic E-state index is 0.804. The molecule has 98 valence electrons. The fourth-order valence-electron chi connectivity index (χ4n) is 3.14. The van der Waals surface area contributed by atoms with Crippen molar-refractivity contribution in [2.45, 2.75) is 43.8 Å². The van der Waals surface area contributed by atoms with E-state index < -0.39 is 0 Å². The van der Waals surface area contributed by atoms with Crippen LogP contribution in [0.25, 0.3) is 0 Å². The Morgan fingerprint density at radius 3 is 2.83 bits per heavy atom. The Bertz CT molecular complexity index is 357. The zero-order chi connectivity index (χ0) is 12.2. The molecule has 0 radical (unpaired) electrons. The second-order valence-electron chi connectivity index (χ2n) is 5.68. The largest absolute Gasteiger partial charge is 0.384 e. The zero-order valence-electron chi connectivity index (χ0n) is 11.0. The van der Waals surface area contributed by atoms with Crippen LogP contribution in [-0.2, 0) is 6.42 Å². The molecule has 1 aromatic rings. The summed E-state index contributed by atoms with van der Waals surface area (Å²) in [4.78, 5) is 0. The molecule has 1 heterocycles. The Morgan fingerprint density at radius 1 is 1.11 bits per heavy atom. The van der Waals surface area contributed by atoms with Crippen LogP contribution in [0.2, 0.25) is 0 Å². The Kier molecular flexibility index (Phi) is 4.14. The van der Waals surface area contributed by atoms with E-state index in [1.54, 1.807) is 0 Å². The topological polar surface area (TPSA) is 12.0 Å². The van der Waals surface area contributed by atoms with E-state index in [0.29, 0.717) is 0 Å². The van der Waals surface area contributed by atoms with Gasteiger partial charge in [0.05, 0.1) is 0 Å². The highest BCUT2D eigenvalue weighted by atomic mass is 32.2. The molecular weight excluding hydrogens is 238 g/mol. The van der Waals surface area contributed by atoms with Crippen molar-refractivity contribution >= 4 is 17.4 Å². The summed E-state index contributed by atoms with van der Waals surface area (Å²) in [5, 5.41) is 4.43. The van der Waals surface area contributed by atoms with Crippen molar-refractivity contribution in [1.29, 1.82) is 0 Å². The lowest BCUT2D eigenvalue weighted by atomic mass is 10.1. The summed E-state index contributed by atoms with van der Waals surface area (Å²) in [6, 6.07) is 8.79. The van der Waals surface area contributed by atoms with Gasteiger partial charge in [-0.15, -0.1) is 0 Å². The van der Waals surface area contributed by atoms with Crippen LogP contribution in [0.1, 0.15) is 37.7 Å². The molecule has 0 saturated heterocycles. The maximum atomic E-state index is 3.63. The molecule has 0 aromatic heterocycles. The third kappa shape index (κ3) is 3.03. The number of benzene rings is 1. The number of anilines is 1. The molecule has 1 unspecified atom stereocenters. The number of rotatable bonds is 3. The summed E-state index contributed by atoms with van der Waals surface area (Å²) in [6.45, 7) is 1.15. The quantitative estimate of drug-likeness (QED) is 0.869. The fraction of sp³-hybridized carbons (Fsp3) is 0.625. The standard InChI is InChI=1S/C16H23NS/c1-2-6-13(5-1)12-18-15-10-9-14-7-3-4-8-16(14)17-11-15/h3-4,7-8,13,15,17H,1-2,5-6,9-12H2. The first-order valence-corrected chi connectivity index (χ1v) is 8.40. The molecule has 1 fully saturated rings. The van der Waals surface area contributed by atoms with Gasteiger partial charge in [-0.3, -0.25) is 0 Å². The first-order valence-electron chi connectivity index (χ1n) is 7.35. The van der Waals surface area contributed by atoms with Crippen molar-refractivity contribution in [1.82, 2.24) is 0 Å². The maximum Gasteiger partial charge on any atom is 0.0373 e. The third-order valence-electron chi connectivity index (χ3n) is 4.32. The van der Waals surface area contributed by atoms with Crippen LogP contribution in [-0.4, -0.2) is 17.5 Å². The van der Waals surface area contributed by atoms with Crippen LogP contribution in [0.15, 0.2) is 24.3 Å². The predicted octanol–water partition coefficient (Wildman–Crippen LogP) is 4.34. The minimum Gasteiger partial charge on any atom is -0.384 e. The number of aryl methyl sites for hydroxylation is 1. The van der Waals surface area contributed by atoms with Crippen molar-refractivity contribution in [2.75, 3.05) is 17.6 Å². The maximum absolute atomic E-state index is 3.63. The van der Waals surface area contributed by atoms with E-state index in [4.69, 9.17) is 0 Å². The summed E-state index contributed by atoms with van der Waals surface area (Å²) in [7, 11) is 0. The number of thioether (sulfide) groups is 1. The number of hydrogen-bond donors (Lipinski definition) is 1. The summed E-state index contributed by atoms with van der Waals surface area (Å²) in [5.41, 5.74) is 2.86. The molecule has 1 aliphatic carbocycles. The number of fused-ring (bicyclic) bond motifs is 1. The van der Waals surface area contributed by atoms with Crippen LogP contribution in [0, 0.1) is 5.92 Å². The summed E-state index contributed by atoms with van der Waals surface area (Å²) < 4.78 is 0. The van der Waals surface area contributed by atoms with E-state index >= 15 is 0 Å². The summed E-state index contributed by atoms with van der Waals surface area (Å²) in [6.07, 6.45) is 8.48. The van der Waals surface area contributed by atoms with Crippen molar-refractivity contribution in [3.63, 3.8) is 0 Å². The van der Waals surface area contributed by atoms with Crippen LogP contribution in [0.3, 0.4) is 0 Å². The van der Waals surface area contributed by atoms with Gasteiger partial charge in [0.1, 0.15) is 0 Å². The van der Waals surface area contributed by atoms with E-state index in [2.05, 4.69) is 41.3 Å². The van der Waals surface area contributed by atoms with Crippen LogP contribution in [0.5, 0.6) is 0 Å². The zero-order valence-corrected chi connectivity index (χ0v) is 11.8. The molecule has 2 aliphatic rings. The normalized spacial score (nSPS) is 24.3. The average Bonchev–Trinajstić information content (AvgIpc) is 2.84. The van der Waals surface area contributed by atoms with Gasteiger partial charge in [-0.2, -0.15) is 11.8 Å². The van der Waals surface area contributed by atoms with E-state index in [1.165, 1.54) is 55.5 Å². The van der Waals surface area contributed by atoms with Crippen molar-refractivity contribution in [3.05, 3.63) is 29.8 Å². The molecule has 1 atom stereocenters. The Hall–Kier alpha value is -0.630. The van der Waals surface area contributed by atoms with Crippen LogP contribution in [0.4, 0.5) is 5.69 Å². The SMILES string of the molecule is c1ccc2c(c1)CCC(SCC1CCCC1)CN2. The molecule has 0 amide bonds. The van der Waals surface area contributed by atoms with Crippen molar-refractivity contribution < 1.29 is 0 Å². The minimum atomic E-state index is 0.804. The van der Waals surface area contributed by atoms with Gasteiger partial charge < -0.3 is 5.32 Å². The molecule has 2 heteroatoms. The molecule has 1 aliphatic heterocycles. The van der Waals surface area contributed by atoms with E-state index in [-0.39, 0.29) is 0 Å². The highest BCUT2D eigenvalue weighted by Gasteiger charge is 2.19. The van der Waals surface area contributed by atoms with Gasteiger partial charge in [0.2, 0.25) is 0 Å². The first kappa shape index (κ1) is 12.4. The molecular formula is C16H23NS. The van der Waals surface area contributed by atoms with E-state index in [9.17, 15) is 0 Å². The van der Waals surface area contributed by atoms with E-state index in [0.717, 1.165) is 17.7 Å². The fourth-order valence-corrected chi connectivity index (χ4v) is 4.51. The second-order valence-corrected chi connectivity index (χ2v) is 7.02. The Balaban J connectivity index is 1.51. The first-order chi connectivity index (χ1) is 8.92. The third-order valence-corrected chi connectivity index (χ3v) is 5.85. The highest BCUT2D eigenvalue weighted by molar-refractivity contribution is 7.99. The molecule has 0 spiro atoms. The molecule has 18 heavy (non-hydrogen) atoms. The Labute approximate surface area is 115 Å². The number of hydrogen-bond acceptors (Lipinski definition) is 2. The van der Waals surface area contributed by atoms with Gasteiger partial charge in [-0.05, 0) is 49.0 Å². The van der Waals surface area contributed by atoms with E-state index in [1.807, 2.05) is 0 Å². The lowest BCUT2D eigenvalue weighted by molar-refractivity contribution is 0.620. The van der Waals surface area contributed by atoms with Gasteiger partial charge in [-0.1, -0.05) is 31.0 Å². The lowest BCUT2D eigenvalue weighted by Gasteiger charge is -2.16. The second kappa shape index (κ2) is 6.01. The molecule has 3 rings (SSSR count). The van der Waals surface area contributed by atoms with Gasteiger partial charge >= 0.3 is 0 Å². The monoisotopic (exact) mass is 261 g/mol. The number of nitrogens with one attached hydrogen (secondary N) is 1. The molecule has 1 nitrogen and oxygen atoms in total.